The Morgan fingerprint density at radius 3 is 1.47 bits per heavy atom. The van der Waals surface area contributed by atoms with E-state index in [1.807, 2.05) is 0 Å². The zero-order valence-corrected chi connectivity index (χ0v) is 21.0. The summed E-state index contributed by atoms with van der Waals surface area (Å²) in [6.07, 6.45) is 0. The van der Waals surface area contributed by atoms with Crippen LogP contribution in [0.2, 0.25) is 0 Å². The van der Waals surface area contributed by atoms with Gasteiger partial charge in [0.2, 0.25) is 0 Å². The normalized spacial score (nSPS) is 18.1. The molecule has 0 unspecified atom stereocenters. The van der Waals surface area contributed by atoms with Crippen LogP contribution in [-0.4, -0.2) is 46.4 Å². The number of amides is 4. The first-order valence-electron chi connectivity index (χ1n) is 9.78. The number of benzene rings is 2. The molecule has 0 aromatic heterocycles. The van der Waals surface area contributed by atoms with Gasteiger partial charge in [-0.1, -0.05) is 60.1 Å². The van der Waals surface area contributed by atoms with Gasteiger partial charge in [0, 0.05) is 25.2 Å². The molecule has 2 fully saturated rings. The zero-order chi connectivity index (χ0) is 24.6. The van der Waals surface area contributed by atoms with Gasteiger partial charge in [-0.25, -0.2) is 0 Å². The van der Waals surface area contributed by atoms with E-state index in [1.54, 1.807) is 48.5 Å². The molecule has 8 nitrogen and oxygen atoms in total. The van der Waals surface area contributed by atoms with Gasteiger partial charge in [-0.05, 0) is 36.4 Å². The number of thiocarbonyl (C=S) groups is 2. The third kappa shape index (κ3) is 4.25. The summed E-state index contributed by atoms with van der Waals surface area (Å²) in [6, 6.07) is 13.0. The maximum absolute atomic E-state index is 13.3. The Morgan fingerprint density at radius 1 is 0.735 bits per heavy atom. The number of hydrogen-bond donors (Lipinski definition) is 2. The van der Waals surface area contributed by atoms with Crippen molar-refractivity contribution >= 4 is 91.6 Å². The highest BCUT2D eigenvalue weighted by Gasteiger charge is 2.43. The summed E-state index contributed by atoms with van der Waals surface area (Å²) in [5, 5.41) is 5.08. The van der Waals surface area contributed by atoms with Crippen molar-refractivity contribution in [3.63, 3.8) is 0 Å². The summed E-state index contributed by atoms with van der Waals surface area (Å²) >= 11 is 12.8. The minimum absolute atomic E-state index is 0.164. The summed E-state index contributed by atoms with van der Waals surface area (Å²) in [5.41, 5.74) is 1.59. The Hall–Kier alpha value is -3.06. The van der Waals surface area contributed by atoms with E-state index < -0.39 is 11.8 Å². The maximum Gasteiger partial charge on any atom is 0.272 e. The molecule has 0 saturated carbocycles. The van der Waals surface area contributed by atoms with Crippen LogP contribution in [0.25, 0.3) is 0 Å². The molecular formula is C22H16N4O4S4. The van der Waals surface area contributed by atoms with Gasteiger partial charge in [0.1, 0.15) is 0 Å². The molecule has 12 heteroatoms. The third-order valence-electron chi connectivity index (χ3n) is 4.93. The second-order valence-corrected chi connectivity index (χ2v) is 10.2. The molecule has 2 aliphatic heterocycles. The Kier molecular flexibility index (Phi) is 6.84. The van der Waals surface area contributed by atoms with Crippen LogP contribution in [0.1, 0.15) is 20.7 Å². The van der Waals surface area contributed by atoms with E-state index >= 15 is 0 Å². The van der Waals surface area contributed by atoms with Crippen LogP contribution < -0.4 is 20.4 Å². The van der Waals surface area contributed by atoms with Gasteiger partial charge in [0.25, 0.3) is 23.6 Å². The Balaban J connectivity index is 1.68. The highest BCUT2D eigenvalue weighted by molar-refractivity contribution is 8.30. The van der Waals surface area contributed by atoms with Gasteiger partial charge in [-0.15, -0.1) is 0 Å². The Labute approximate surface area is 214 Å². The van der Waals surface area contributed by atoms with Crippen molar-refractivity contribution in [2.24, 2.45) is 0 Å². The summed E-state index contributed by atoms with van der Waals surface area (Å²) in [6.45, 7) is 0. The summed E-state index contributed by atoms with van der Waals surface area (Å²) in [7, 11) is 3.03. The average Bonchev–Trinajstić information content (AvgIpc) is 3.31. The quantitative estimate of drug-likeness (QED) is 0.462. The molecule has 2 heterocycles. The van der Waals surface area contributed by atoms with Crippen LogP contribution in [0.15, 0.2) is 58.3 Å². The van der Waals surface area contributed by atoms with E-state index in [0.717, 1.165) is 23.5 Å². The van der Waals surface area contributed by atoms with E-state index in [-0.39, 0.29) is 30.3 Å². The standard InChI is InChI=1S/C22H16N4O4S4/c1-23-17(27)11-5-3-7-13(9-11)25-19(29)15(33-21(25)31)16-20(30)26(22(32)34-16)14-8-4-6-12(10-14)18(28)24-2/h3-10H,1-2H3,(H,23,27)(H,24,28). The number of nitrogens with zero attached hydrogens (tertiary/aromatic N) is 2. The molecule has 34 heavy (non-hydrogen) atoms. The van der Waals surface area contributed by atoms with Crippen LogP contribution in [-0.2, 0) is 9.59 Å². The lowest BCUT2D eigenvalue weighted by molar-refractivity contribution is -0.115. The van der Waals surface area contributed by atoms with E-state index in [2.05, 4.69) is 10.6 Å². The number of carbonyl (C=O) groups excluding carboxylic acids is 4. The van der Waals surface area contributed by atoms with Crippen LogP contribution in [0, 0.1) is 0 Å². The number of carbonyl (C=O) groups is 4. The van der Waals surface area contributed by atoms with Crippen molar-refractivity contribution in [1.82, 2.24) is 10.6 Å². The number of nitrogens with one attached hydrogen (secondary N) is 2. The van der Waals surface area contributed by atoms with E-state index in [9.17, 15) is 19.2 Å². The first-order chi connectivity index (χ1) is 16.3. The van der Waals surface area contributed by atoms with Gasteiger partial charge in [-0.2, -0.15) is 0 Å². The van der Waals surface area contributed by atoms with Crippen LogP contribution in [0.5, 0.6) is 0 Å². The fourth-order valence-electron chi connectivity index (χ4n) is 3.32. The molecule has 2 saturated heterocycles. The van der Waals surface area contributed by atoms with Crippen molar-refractivity contribution in [3.8, 4) is 0 Å². The number of hydrogen-bond acceptors (Lipinski definition) is 8. The molecule has 172 valence electrons. The molecule has 0 bridgehead atoms. The molecule has 0 radical (unpaired) electrons. The summed E-state index contributed by atoms with van der Waals surface area (Å²) in [5.74, 6) is -1.54. The van der Waals surface area contributed by atoms with Gasteiger partial charge in [0.05, 0.1) is 21.2 Å². The SMILES string of the molecule is CNC(=O)c1cccc(N2C(=O)C(=C3SC(=S)N(c4cccc(C(=O)NC)c4)C3=O)SC2=S)c1. The zero-order valence-electron chi connectivity index (χ0n) is 17.8. The minimum Gasteiger partial charge on any atom is -0.355 e. The predicted octanol–water partition coefficient (Wildman–Crippen LogP) is 3.05. The van der Waals surface area contributed by atoms with Crippen molar-refractivity contribution in [2.45, 2.75) is 0 Å². The van der Waals surface area contributed by atoms with Gasteiger partial charge < -0.3 is 10.6 Å². The lowest BCUT2D eigenvalue weighted by Crippen LogP contribution is -2.30. The van der Waals surface area contributed by atoms with Crippen LogP contribution >= 0.6 is 48.0 Å². The summed E-state index contributed by atoms with van der Waals surface area (Å²) in [4.78, 5) is 53.5. The molecule has 0 spiro atoms. The monoisotopic (exact) mass is 528 g/mol. The van der Waals surface area contributed by atoms with E-state index in [4.69, 9.17) is 24.4 Å². The average molecular weight is 529 g/mol. The fraction of sp³-hybridized carbons (Fsp3) is 0.0909. The van der Waals surface area contributed by atoms with Gasteiger partial charge in [0.15, 0.2) is 8.64 Å². The topological polar surface area (TPSA) is 98.8 Å². The van der Waals surface area contributed by atoms with Crippen LogP contribution in [0.4, 0.5) is 11.4 Å². The first-order valence-corrected chi connectivity index (χ1v) is 12.2. The van der Waals surface area contributed by atoms with Crippen molar-refractivity contribution in [3.05, 3.63) is 69.5 Å². The molecule has 0 aliphatic carbocycles. The predicted molar refractivity (Wildman–Crippen MR) is 142 cm³/mol. The molecule has 2 aromatic rings. The van der Waals surface area contributed by atoms with Crippen LogP contribution in [0.3, 0.4) is 0 Å². The minimum atomic E-state index is -0.469. The lowest BCUT2D eigenvalue weighted by Gasteiger charge is -2.16. The first kappa shape index (κ1) is 24.1. The maximum atomic E-state index is 13.3. The molecule has 2 N–H and O–H groups in total. The van der Waals surface area contributed by atoms with Crippen molar-refractivity contribution < 1.29 is 19.2 Å². The Morgan fingerprint density at radius 2 is 1.12 bits per heavy atom. The molecule has 4 amide bonds. The number of rotatable bonds is 4. The highest BCUT2D eigenvalue weighted by atomic mass is 32.2. The van der Waals surface area contributed by atoms with E-state index in [1.165, 1.54) is 23.9 Å². The van der Waals surface area contributed by atoms with Crippen molar-refractivity contribution in [1.29, 1.82) is 0 Å². The molecule has 0 atom stereocenters. The molecule has 2 aromatic carbocycles. The fourth-order valence-corrected chi connectivity index (χ4v) is 6.07. The summed E-state index contributed by atoms with van der Waals surface area (Å²) < 4.78 is 0.474. The third-order valence-corrected chi connectivity index (χ3v) is 7.81. The number of thioether (sulfide) groups is 2. The highest BCUT2D eigenvalue weighted by Crippen LogP contribution is 2.44. The number of anilines is 2. The smallest absolute Gasteiger partial charge is 0.272 e. The van der Waals surface area contributed by atoms with Gasteiger partial charge in [-0.3, -0.25) is 29.0 Å². The second kappa shape index (κ2) is 9.66. The lowest BCUT2D eigenvalue weighted by atomic mass is 10.1. The van der Waals surface area contributed by atoms with Gasteiger partial charge >= 0.3 is 0 Å². The second-order valence-electron chi connectivity index (χ2n) is 6.93. The largest absolute Gasteiger partial charge is 0.355 e. The van der Waals surface area contributed by atoms with E-state index in [0.29, 0.717) is 22.5 Å². The molecular weight excluding hydrogens is 513 g/mol. The Bertz CT molecular complexity index is 1220. The van der Waals surface area contributed by atoms with Crippen molar-refractivity contribution in [2.75, 3.05) is 23.9 Å². The molecule has 4 rings (SSSR count). The molecule has 2 aliphatic rings.